The number of halogens is 1. The van der Waals surface area contributed by atoms with E-state index in [-0.39, 0.29) is 11.9 Å². The SMILES string of the molecule is CCNC(=NCc1ccn(C)c1)NC1CCN(c2ncccc2F)C1. The van der Waals surface area contributed by atoms with Crippen LogP contribution in [0.5, 0.6) is 0 Å². The average Bonchev–Trinajstić information content (AvgIpc) is 3.22. The first-order chi connectivity index (χ1) is 12.2. The molecule has 1 fully saturated rings. The molecule has 0 bridgehead atoms. The number of aromatic nitrogens is 2. The molecule has 0 aromatic carbocycles. The van der Waals surface area contributed by atoms with Gasteiger partial charge in [0.1, 0.15) is 0 Å². The number of nitrogens with one attached hydrogen (secondary N) is 2. The Labute approximate surface area is 147 Å². The largest absolute Gasteiger partial charge is 0.357 e. The van der Waals surface area contributed by atoms with Crippen LogP contribution in [0, 0.1) is 5.82 Å². The van der Waals surface area contributed by atoms with Gasteiger partial charge < -0.3 is 20.1 Å². The lowest BCUT2D eigenvalue weighted by Gasteiger charge is -2.19. The van der Waals surface area contributed by atoms with Crippen molar-refractivity contribution >= 4 is 11.8 Å². The van der Waals surface area contributed by atoms with Crippen LogP contribution in [0.4, 0.5) is 10.2 Å². The molecule has 0 amide bonds. The number of hydrogen-bond donors (Lipinski definition) is 2. The van der Waals surface area contributed by atoms with Crippen LogP contribution >= 0.6 is 0 Å². The Morgan fingerprint density at radius 2 is 2.32 bits per heavy atom. The molecule has 7 heteroatoms. The van der Waals surface area contributed by atoms with E-state index in [1.807, 2.05) is 29.6 Å². The fourth-order valence-corrected chi connectivity index (χ4v) is 3.02. The van der Waals surface area contributed by atoms with Crippen LogP contribution in [0.25, 0.3) is 0 Å². The van der Waals surface area contributed by atoms with Crippen LogP contribution in [0.2, 0.25) is 0 Å². The van der Waals surface area contributed by atoms with Crippen molar-refractivity contribution in [3.63, 3.8) is 0 Å². The second-order valence-corrected chi connectivity index (χ2v) is 6.27. The van der Waals surface area contributed by atoms with Crippen molar-refractivity contribution in [2.24, 2.45) is 12.0 Å². The Kier molecular flexibility index (Phi) is 5.53. The van der Waals surface area contributed by atoms with Crippen LogP contribution in [0.1, 0.15) is 18.9 Å². The first kappa shape index (κ1) is 17.3. The van der Waals surface area contributed by atoms with Crippen molar-refractivity contribution in [2.45, 2.75) is 25.9 Å². The molecule has 3 heterocycles. The van der Waals surface area contributed by atoms with E-state index in [2.05, 4.69) is 32.9 Å². The normalized spacial score (nSPS) is 17.8. The first-order valence-electron chi connectivity index (χ1n) is 8.67. The predicted octanol–water partition coefficient (Wildman–Crippen LogP) is 1.89. The van der Waals surface area contributed by atoms with Crippen molar-refractivity contribution in [3.05, 3.63) is 48.2 Å². The van der Waals surface area contributed by atoms with Crippen LogP contribution in [0.15, 0.2) is 41.8 Å². The van der Waals surface area contributed by atoms with Gasteiger partial charge in [0.15, 0.2) is 17.6 Å². The summed E-state index contributed by atoms with van der Waals surface area (Å²) in [6.07, 6.45) is 6.63. The standard InChI is InChI=1S/C18H25FN6/c1-3-20-18(22-11-14-6-9-24(2)12-14)23-15-7-10-25(13-15)17-16(19)5-4-8-21-17/h4-6,8-9,12,15H,3,7,10-11,13H2,1-2H3,(H2,20,22,23). The molecule has 1 saturated heterocycles. The van der Waals surface area contributed by atoms with E-state index in [1.54, 1.807) is 12.3 Å². The molecule has 1 unspecified atom stereocenters. The highest BCUT2D eigenvalue weighted by Crippen LogP contribution is 2.20. The number of aliphatic imine (C=N–C) groups is 1. The molecule has 2 aromatic heterocycles. The summed E-state index contributed by atoms with van der Waals surface area (Å²) in [4.78, 5) is 10.8. The third-order valence-corrected chi connectivity index (χ3v) is 4.22. The quantitative estimate of drug-likeness (QED) is 0.642. The molecule has 134 valence electrons. The Morgan fingerprint density at radius 1 is 1.44 bits per heavy atom. The highest BCUT2D eigenvalue weighted by molar-refractivity contribution is 5.80. The molecule has 1 atom stereocenters. The summed E-state index contributed by atoms with van der Waals surface area (Å²) in [5.74, 6) is 0.950. The molecule has 0 spiro atoms. The summed E-state index contributed by atoms with van der Waals surface area (Å²) in [6.45, 7) is 4.96. The summed E-state index contributed by atoms with van der Waals surface area (Å²) in [6, 6.07) is 5.35. The number of anilines is 1. The lowest BCUT2D eigenvalue weighted by Crippen LogP contribution is -2.44. The van der Waals surface area contributed by atoms with E-state index in [4.69, 9.17) is 0 Å². The zero-order valence-electron chi connectivity index (χ0n) is 14.7. The molecule has 0 saturated carbocycles. The van der Waals surface area contributed by atoms with Gasteiger partial charge in [-0.05, 0) is 37.1 Å². The van der Waals surface area contributed by atoms with Gasteiger partial charge in [0, 0.05) is 51.3 Å². The summed E-state index contributed by atoms with van der Waals surface area (Å²) in [5, 5.41) is 6.73. The topological polar surface area (TPSA) is 57.5 Å². The second kappa shape index (κ2) is 8.00. The van der Waals surface area contributed by atoms with E-state index in [1.165, 1.54) is 11.6 Å². The number of nitrogens with zero attached hydrogens (tertiary/aromatic N) is 4. The van der Waals surface area contributed by atoms with E-state index in [9.17, 15) is 4.39 Å². The molecule has 0 radical (unpaired) electrons. The molecule has 1 aliphatic rings. The van der Waals surface area contributed by atoms with E-state index in [0.717, 1.165) is 25.5 Å². The van der Waals surface area contributed by atoms with Gasteiger partial charge in [-0.1, -0.05) is 0 Å². The van der Waals surface area contributed by atoms with Crippen molar-refractivity contribution < 1.29 is 4.39 Å². The number of pyridine rings is 1. The minimum Gasteiger partial charge on any atom is -0.357 e. The van der Waals surface area contributed by atoms with Crippen molar-refractivity contribution in [2.75, 3.05) is 24.5 Å². The minimum atomic E-state index is -0.271. The smallest absolute Gasteiger partial charge is 0.191 e. The monoisotopic (exact) mass is 344 g/mol. The molecule has 6 nitrogen and oxygen atoms in total. The number of hydrogen-bond acceptors (Lipinski definition) is 3. The highest BCUT2D eigenvalue weighted by Gasteiger charge is 2.25. The fraction of sp³-hybridized carbons (Fsp3) is 0.444. The van der Waals surface area contributed by atoms with Crippen LogP contribution in [-0.2, 0) is 13.6 Å². The Balaban J connectivity index is 1.60. The number of rotatable bonds is 5. The Bertz CT molecular complexity index is 726. The van der Waals surface area contributed by atoms with Crippen LogP contribution < -0.4 is 15.5 Å². The molecule has 2 N–H and O–H groups in total. The van der Waals surface area contributed by atoms with Gasteiger partial charge in [-0.25, -0.2) is 14.4 Å². The van der Waals surface area contributed by atoms with Gasteiger partial charge in [0.05, 0.1) is 6.54 Å². The van der Waals surface area contributed by atoms with Gasteiger partial charge >= 0.3 is 0 Å². The summed E-state index contributed by atoms with van der Waals surface area (Å²) in [5.41, 5.74) is 1.17. The summed E-state index contributed by atoms with van der Waals surface area (Å²) >= 11 is 0. The van der Waals surface area contributed by atoms with Gasteiger partial charge in [-0.15, -0.1) is 0 Å². The molecule has 0 aliphatic carbocycles. The van der Waals surface area contributed by atoms with Gasteiger partial charge in [0.2, 0.25) is 0 Å². The minimum absolute atomic E-state index is 0.218. The Hall–Kier alpha value is -2.57. The molecule has 25 heavy (non-hydrogen) atoms. The van der Waals surface area contributed by atoms with Gasteiger partial charge in [0.25, 0.3) is 0 Å². The van der Waals surface area contributed by atoms with Crippen LogP contribution in [0.3, 0.4) is 0 Å². The lowest BCUT2D eigenvalue weighted by molar-refractivity contribution is 0.612. The summed E-state index contributed by atoms with van der Waals surface area (Å²) < 4.78 is 15.9. The zero-order chi connectivity index (χ0) is 17.6. The maximum Gasteiger partial charge on any atom is 0.191 e. The summed E-state index contributed by atoms with van der Waals surface area (Å²) in [7, 11) is 2.00. The first-order valence-corrected chi connectivity index (χ1v) is 8.67. The van der Waals surface area contributed by atoms with Crippen LogP contribution in [-0.4, -0.2) is 41.2 Å². The predicted molar refractivity (Wildman–Crippen MR) is 98.2 cm³/mol. The molecular formula is C18H25FN6. The lowest BCUT2D eigenvalue weighted by atomic mass is 10.3. The molecule has 3 rings (SSSR count). The number of aryl methyl sites for hydroxylation is 1. The maximum absolute atomic E-state index is 13.9. The van der Waals surface area contributed by atoms with Crippen molar-refractivity contribution in [1.82, 2.24) is 20.2 Å². The molecular weight excluding hydrogens is 319 g/mol. The Morgan fingerprint density at radius 3 is 3.04 bits per heavy atom. The van der Waals surface area contributed by atoms with Gasteiger partial charge in [-0.3, -0.25) is 0 Å². The van der Waals surface area contributed by atoms with Crippen molar-refractivity contribution in [1.29, 1.82) is 0 Å². The molecule has 1 aliphatic heterocycles. The average molecular weight is 344 g/mol. The number of guanidine groups is 1. The maximum atomic E-state index is 13.9. The highest BCUT2D eigenvalue weighted by atomic mass is 19.1. The third kappa shape index (κ3) is 4.49. The van der Waals surface area contributed by atoms with E-state index >= 15 is 0 Å². The molecule has 2 aromatic rings. The fourth-order valence-electron chi connectivity index (χ4n) is 3.02. The van der Waals surface area contributed by atoms with Crippen molar-refractivity contribution in [3.8, 4) is 0 Å². The second-order valence-electron chi connectivity index (χ2n) is 6.27. The third-order valence-electron chi connectivity index (χ3n) is 4.22. The van der Waals surface area contributed by atoms with E-state index < -0.39 is 0 Å². The van der Waals surface area contributed by atoms with E-state index in [0.29, 0.717) is 18.9 Å². The zero-order valence-corrected chi connectivity index (χ0v) is 14.7. The van der Waals surface area contributed by atoms with Gasteiger partial charge in [-0.2, -0.15) is 0 Å².